The quantitative estimate of drug-likeness (QED) is 0.812. The first kappa shape index (κ1) is 17.2. The van der Waals surface area contributed by atoms with E-state index in [1.165, 1.54) is 24.0 Å². The number of ether oxygens (including phenoxy) is 2. The van der Waals surface area contributed by atoms with E-state index in [9.17, 15) is 4.79 Å². The molecule has 1 aliphatic carbocycles. The number of fused-ring (bicyclic) bond motifs is 1. The largest absolute Gasteiger partial charge is 0.449 e. The first-order valence-electron chi connectivity index (χ1n) is 8.96. The number of amides is 1. The summed E-state index contributed by atoms with van der Waals surface area (Å²) >= 11 is 0. The van der Waals surface area contributed by atoms with Crippen LogP contribution in [0.4, 0.5) is 4.79 Å². The van der Waals surface area contributed by atoms with Crippen molar-refractivity contribution in [2.45, 2.75) is 31.7 Å². The molecule has 1 fully saturated rings. The smallest absolute Gasteiger partial charge is 0.407 e. The van der Waals surface area contributed by atoms with E-state index >= 15 is 0 Å². The number of methoxy groups -OCH3 is 1. The van der Waals surface area contributed by atoms with Crippen LogP contribution in [0.1, 0.15) is 24.0 Å². The highest BCUT2D eigenvalue weighted by atomic mass is 16.5. The minimum Gasteiger partial charge on any atom is -0.449 e. The maximum absolute atomic E-state index is 11.6. The molecule has 1 aliphatic heterocycles. The molecule has 132 valence electrons. The first-order chi connectivity index (χ1) is 11.8. The van der Waals surface area contributed by atoms with Crippen molar-refractivity contribution in [3.05, 3.63) is 35.4 Å². The van der Waals surface area contributed by atoms with Crippen molar-refractivity contribution >= 4 is 6.09 Å². The summed E-state index contributed by atoms with van der Waals surface area (Å²) in [6.07, 6.45) is 4.25. The fourth-order valence-electron chi connectivity index (χ4n) is 3.78. The van der Waals surface area contributed by atoms with Crippen LogP contribution in [0.15, 0.2) is 24.3 Å². The molecule has 1 N–H and O–H groups in total. The van der Waals surface area contributed by atoms with Crippen LogP contribution < -0.4 is 5.32 Å². The van der Waals surface area contributed by atoms with Crippen molar-refractivity contribution in [3.63, 3.8) is 0 Å². The number of piperidine rings is 1. The van der Waals surface area contributed by atoms with E-state index in [1.54, 1.807) is 7.11 Å². The van der Waals surface area contributed by atoms with Gasteiger partial charge in [0.2, 0.25) is 0 Å². The van der Waals surface area contributed by atoms with Gasteiger partial charge in [-0.2, -0.15) is 0 Å². The van der Waals surface area contributed by atoms with E-state index in [1.807, 2.05) is 0 Å². The van der Waals surface area contributed by atoms with Crippen LogP contribution in [-0.2, 0) is 22.3 Å². The van der Waals surface area contributed by atoms with Crippen molar-refractivity contribution in [1.29, 1.82) is 0 Å². The zero-order valence-corrected chi connectivity index (χ0v) is 14.5. The summed E-state index contributed by atoms with van der Waals surface area (Å²) in [6, 6.07) is 9.46. The van der Waals surface area contributed by atoms with Crippen LogP contribution >= 0.6 is 0 Å². The average Bonchev–Trinajstić information content (AvgIpc) is 3.05. The highest BCUT2D eigenvalue weighted by Gasteiger charge is 2.29. The molecule has 0 radical (unpaired) electrons. The van der Waals surface area contributed by atoms with Gasteiger partial charge in [-0.3, -0.25) is 4.90 Å². The van der Waals surface area contributed by atoms with Gasteiger partial charge in [0.05, 0.1) is 13.2 Å². The molecule has 1 aromatic carbocycles. The third-order valence-corrected chi connectivity index (χ3v) is 5.22. The lowest BCUT2D eigenvalue weighted by molar-refractivity contribution is 0.0809. The predicted molar refractivity (Wildman–Crippen MR) is 93.2 cm³/mol. The molecule has 1 heterocycles. The second-order valence-electron chi connectivity index (χ2n) is 6.83. The SMILES string of the molecule is COCCNC(=O)OCC1CCN(C2Cc3ccccc3C2)CC1. The van der Waals surface area contributed by atoms with Crippen molar-refractivity contribution in [1.82, 2.24) is 10.2 Å². The normalized spacial score (nSPS) is 19.2. The Morgan fingerprint density at radius 3 is 2.50 bits per heavy atom. The fourth-order valence-corrected chi connectivity index (χ4v) is 3.78. The van der Waals surface area contributed by atoms with Crippen LogP contribution in [0.25, 0.3) is 0 Å². The molecule has 1 saturated heterocycles. The van der Waals surface area contributed by atoms with Crippen LogP contribution in [-0.4, -0.2) is 57.0 Å². The third-order valence-electron chi connectivity index (χ3n) is 5.22. The Kier molecular flexibility index (Phi) is 6.10. The summed E-state index contributed by atoms with van der Waals surface area (Å²) in [4.78, 5) is 14.2. The number of hydrogen-bond acceptors (Lipinski definition) is 4. The molecule has 0 aromatic heterocycles. The van der Waals surface area contributed by atoms with E-state index in [0.29, 0.717) is 31.7 Å². The van der Waals surface area contributed by atoms with Gasteiger partial charge in [0.15, 0.2) is 0 Å². The van der Waals surface area contributed by atoms with Gasteiger partial charge in [0.1, 0.15) is 0 Å². The predicted octanol–water partition coefficient (Wildman–Crippen LogP) is 2.24. The Hall–Kier alpha value is -1.59. The molecule has 0 saturated carbocycles. The maximum atomic E-state index is 11.6. The van der Waals surface area contributed by atoms with Crippen molar-refractivity contribution in [3.8, 4) is 0 Å². The second-order valence-corrected chi connectivity index (χ2v) is 6.83. The van der Waals surface area contributed by atoms with Gasteiger partial charge in [0.25, 0.3) is 0 Å². The zero-order chi connectivity index (χ0) is 16.8. The van der Waals surface area contributed by atoms with Gasteiger partial charge in [-0.15, -0.1) is 0 Å². The van der Waals surface area contributed by atoms with Crippen LogP contribution in [0.3, 0.4) is 0 Å². The molecule has 1 amide bonds. The number of nitrogens with zero attached hydrogens (tertiary/aromatic N) is 1. The lowest BCUT2D eigenvalue weighted by atomic mass is 9.96. The monoisotopic (exact) mass is 332 g/mol. The molecule has 0 unspecified atom stereocenters. The van der Waals surface area contributed by atoms with E-state index in [2.05, 4.69) is 34.5 Å². The summed E-state index contributed by atoms with van der Waals surface area (Å²) in [5.41, 5.74) is 3.03. The minimum atomic E-state index is -0.333. The first-order valence-corrected chi connectivity index (χ1v) is 8.96. The Bertz CT molecular complexity index is 516. The molecule has 0 atom stereocenters. The molecule has 0 spiro atoms. The van der Waals surface area contributed by atoms with Crippen LogP contribution in [0.2, 0.25) is 0 Å². The number of alkyl carbamates (subject to hydrolysis) is 1. The topological polar surface area (TPSA) is 50.8 Å². The van der Waals surface area contributed by atoms with Gasteiger partial charge < -0.3 is 14.8 Å². The Morgan fingerprint density at radius 2 is 1.88 bits per heavy atom. The van der Waals surface area contributed by atoms with E-state index in [-0.39, 0.29) is 6.09 Å². The van der Waals surface area contributed by atoms with Gasteiger partial charge >= 0.3 is 6.09 Å². The van der Waals surface area contributed by atoms with E-state index < -0.39 is 0 Å². The number of hydrogen-bond donors (Lipinski definition) is 1. The molecule has 1 aromatic rings. The number of likely N-dealkylation sites (tertiary alicyclic amines) is 1. The average molecular weight is 332 g/mol. The number of carbonyl (C=O) groups is 1. The van der Waals surface area contributed by atoms with Crippen molar-refractivity contribution in [2.75, 3.05) is 40.0 Å². The molecule has 5 heteroatoms. The molecular formula is C19H28N2O3. The summed E-state index contributed by atoms with van der Waals surface area (Å²) in [7, 11) is 1.61. The van der Waals surface area contributed by atoms with Crippen molar-refractivity contribution < 1.29 is 14.3 Å². The summed E-state index contributed by atoms with van der Waals surface area (Å²) < 4.78 is 10.2. The summed E-state index contributed by atoms with van der Waals surface area (Å²) in [5.74, 6) is 0.484. The van der Waals surface area contributed by atoms with Gasteiger partial charge in [-0.25, -0.2) is 4.79 Å². The summed E-state index contributed by atoms with van der Waals surface area (Å²) in [5, 5.41) is 2.69. The molecule has 3 rings (SSSR count). The maximum Gasteiger partial charge on any atom is 0.407 e. The number of nitrogens with one attached hydrogen (secondary N) is 1. The van der Waals surface area contributed by atoms with E-state index in [4.69, 9.17) is 9.47 Å². The fraction of sp³-hybridized carbons (Fsp3) is 0.632. The lowest BCUT2D eigenvalue weighted by Crippen LogP contribution is -2.43. The summed E-state index contributed by atoms with van der Waals surface area (Å²) in [6.45, 7) is 3.75. The number of carbonyl (C=O) groups excluding carboxylic acids is 1. The van der Waals surface area contributed by atoms with E-state index in [0.717, 1.165) is 25.9 Å². The Balaban J connectivity index is 1.35. The zero-order valence-electron chi connectivity index (χ0n) is 14.5. The molecular weight excluding hydrogens is 304 g/mol. The highest BCUT2D eigenvalue weighted by molar-refractivity contribution is 5.67. The van der Waals surface area contributed by atoms with Crippen LogP contribution in [0, 0.1) is 5.92 Å². The number of rotatable bonds is 6. The molecule has 0 bridgehead atoms. The standard InChI is InChI=1S/C19H28N2O3/c1-23-11-8-20-19(22)24-14-15-6-9-21(10-7-15)18-12-16-4-2-3-5-17(16)13-18/h2-5,15,18H,6-14H2,1H3,(H,20,22). The second kappa shape index (κ2) is 8.49. The Labute approximate surface area is 144 Å². The highest BCUT2D eigenvalue weighted by Crippen LogP contribution is 2.28. The van der Waals surface area contributed by atoms with Crippen LogP contribution in [0.5, 0.6) is 0 Å². The lowest BCUT2D eigenvalue weighted by Gasteiger charge is -2.35. The minimum absolute atomic E-state index is 0.333. The molecule has 2 aliphatic rings. The molecule has 24 heavy (non-hydrogen) atoms. The van der Waals surface area contributed by atoms with Gasteiger partial charge in [-0.1, -0.05) is 24.3 Å². The van der Waals surface area contributed by atoms with Crippen molar-refractivity contribution in [2.24, 2.45) is 5.92 Å². The number of benzene rings is 1. The Morgan fingerprint density at radius 1 is 1.21 bits per heavy atom. The third kappa shape index (κ3) is 4.48. The van der Waals surface area contributed by atoms with Gasteiger partial charge in [0, 0.05) is 19.7 Å². The molecule has 5 nitrogen and oxygen atoms in total. The van der Waals surface area contributed by atoms with Gasteiger partial charge in [-0.05, 0) is 55.8 Å².